The molecule has 232 valence electrons. The Morgan fingerprint density at radius 3 is 1.68 bits per heavy atom. The van der Waals surface area contributed by atoms with Crippen LogP contribution in [0.3, 0.4) is 0 Å². The first-order valence-electron chi connectivity index (χ1n) is 12.6. The lowest BCUT2D eigenvalue weighted by Crippen LogP contribution is -2.69. The minimum atomic E-state index is -1.92. The fourth-order valence-corrected chi connectivity index (χ4v) is 4.80. The number of hydrogen-bond donors (Lipinski definition) is 11. The number of hydrogen-bond acceptors (Lipinski definition) is 16. The topological polar surface area (TPSA) is 286 Å². The van der Waals surface area contributed by atoms with E-state index in [0.717, 1.165) is 13.8 Å². The normalized spacial score (nSPS) is 46.0. The SMILES string of the molecule is CC(=O)N[C@H]1[C@H](O[C@H]2[C@@H](O)[C@@H](CO)O[C@@H](O[C@H]3[C@H](O)[C@@H](O)[C@@H](NC(C)=O)O[C@@H]3CO)[C@@H]2O)O[C@H](CO)[C@H](O)[C@@H]1O. The molecule has 0 aliphatic carbocycles. The molecule has 0 aromatic carbocycles. The molecule has 3 aliphatic rings. The lowest BCUT2D eigenvalue weighted by molar-refractivity contribution is -0.366. The van der Waals surface area contributed by atoms with Crippen molar-refractivity contribution in [2.75, 3.05) is 19.8 Å². The van der Waals surface area contributed by atoms with Crippen molar-refractivity contribution in [3.8, 4) is 0 Å². The first-order valence-corrected chi connectivity index (χ1v) is 12.6. The number of aliphatic hydroxyl groups excluding tert-OH is 9. The van der Waals surface area contributed by atoms with Crippen molar-refractivity contribution in [3.63, 3.8) is 0 Å². The largest absolute Gasteiger partial charge is 0.394 e. The molecular formula is C22H38N2O16. The molecule has 2 amide bonds. The minimum absolute atomic E-state index is 0.596. The van der Waals surface area contributed by atoms with Gasteiger partial charge in [-0.25, -0.2) is 0 Å². The average Bonchev–Trinajstić information content (AvgIpc) is 2.90. The molecule has 3 fully saturated rings. The van der Waals surface area contributed by atoms with Crippen LogP contribution in [-0.2, 0) is 33.3 Å². The van der Waals surface area contributed by atoms with Crippen LogP contribution in [0.4, 0.5) is 0 Å². The van der Waals surface area contributed by atoms with Crippen LogP contribution < -0.4 is 10.6 Å². The third kappa shape index (κ3) is 7.05. The van der Waals surface area contributed by atoms with Crippen molar-refractivity contribution in [1.29, 1.82) is 0 Å². The number of aliphatic hydroxyl groups is 9. The van der Waals surface area contributed by atoms with Gasteiger partial charge in [-0.3, -0.25) is 9.59 Å². The van der Waals surface area contributed by atoms with Crippen LogP contribution in [0.2, 0.25) is 0 Å². The molecule has 3 saturated heterocycles. The molecule has 0 unspecified atom stereocenters. The minimum Gasteiger partial charge on any atom is -0.394 e. The van der Waals surface area contributed by atoms with Crippen molar-refractivity contribution in [1.82, 2.24) is 10.6 Å². The fraction of sp³-hybridized carbons (Fsp3) is 0.909. The van der Waals surface area contributed by atoms with Crippen LogP contribution in [0.5, 0.6) is 0 Å². The summed E-state index contributed by atoms with van der Waals surface area (Å²) < 4.78 is 27.7. The van der Waals surface area contributed by atoms with E-state index in [2.05, 4.69) is 10.6 Å². The van der Waals surface area contributed by atoms with E-state index in [1.54, 1.807) is 0 Å². The highest BCUT2D eigenvalue weighted by Gasteiger charge is 2.54. The molecule has 11 N–H and O–H groups in total. The number of ether oxygens (including phenoxy) is 5. The molecule has 0 saturated carbocycles. The summed E-state index contributed by atoms with van der Waals surface area (Å²) in [4.78, 5) is 23.1. The van der Waals surface area contributed by atoms with Gasteiger partial charge in [-0.05, 0) is 0 Å². The molecule has 15 atom stereocenters. The van der Waals surface area contributed by atoms with Crippen molar-refractivity contribution in [3.05, 3.63) is 0 Å². The van der Waals surface area contributed by atoms with Crippen LogP contribution in [0, 0.1) is 0 Å². The molecule has 0 spiro atoms. The van der Waals surface area contributed by atoms with Crippen LogP contribution in [0.15, 0.2) is 0 Å². The third-order valence-corrected chi connectivity index (χ3v) is 6.87. The Bertz CT molecular complexity index is 852. The zero-order valence-corrected chi connectivity index (χ0v) is 21.7. The Labute approximate surface area is 228 Å². The van der Waals surface area contributed by atoms with Gasteiger partial charge in [-0.2, -0.15) is 0 Å². The van der Waals surface area contributed by atoms with Gasteiger partial charge >= 0.3 is 0 Å². The summed E-state index contributed by atoms with van der Waals surface area (Å²) in [6.07, 6.45) is -22.9. The van der Waals surface area contributed by atoms with Gasteiger partial charge in [0.2, 0.25) is 11.8 Å². The Morgan fingerprint density at radius 1 is 0.600 bits per heavy atom. The van der Waals surface area contributed by atoms with Crippen molar-refractivity contribution < 1.29 is 79.2 Å². The Kier molecular flexibility index (Phi) is 11.5. The molecular weight excluding hydrogens is 548 g/mol. The maximum absolute atomic E-state index is 11.7. The molecule has 3 rings (SSSR count). The highest BCUT2D eigenvalue weighted by atomic mass is 16.7. The fourth-order valence-electron chi connectivity index (χ4n) is 4.80. The van der Waals surface area contributed by atoms with Crippen molar-refractivity contribution in [2.24, 2.45) is 0 Å². The molecule has 3 heterocycles. The second-order valence-electron chi connectivity index (χ2n) is 9.80. The van der Waals surface area contributed by atoms with Crippen molar-refractivity contribution >= 4 is 11.8 Å². The van der Waals surface area contributed by atoms with Crippen LogP contribution in [-0.4, -0.2) is 170 Å². The number of carbonyl (C=O) groups is 2. The van der Waals surface area contributed by atoms with E-state index in [1.165, 1.54) is 0 Å². The van der Waals surface area contributed by atoms with E-state index in [9.17, 15) is 55.5 Å². The number of amides is 2. The number of nitrogens with one attached hydrogen (secondary N) is 2. The predicted molar refractivity (Wildman–Crippen MR) is 124 cm³/mol. The van der Waals surface area contributed by atoms with Crippen LogP contribution >= 0.6 is 0 Å². The summed E-state index contributed by atoms with van der Waals surface area (Å²) in [6.45, 7) is -0.108. The van der Waals surface area contributed by atoms with Gasteiger partial charge in [-0.1, -0.05) is 0 Å². The molecule has 18 nitrogen and oxygen atoms in total. The summed E-state index contributed by atoms with van der Waals surface area (Å²) in [6, 6.07) is -1.43. The molecule has 0 radical (unpaired) electrons. The van der Waals surface area contributed by atoms with Gasteiger partial charge in [0.25, 0.3) is 0 Å². The summed E-state index contributed by atoms with van der Waals surface area (Å²) in [5.74, 6) is -1.25. The average molecular weight is 587 g/mol. The maximum Gasteiger partial charge on any atom is 0.218 e. The van der Waals surface area contributed by atoms with E-state index in [0.29, 0.717) is 0 Å². The summed E-state index contributed by atoms with van der Waals surface area (Å²) in [5, 5.41) is 97.2. The zero-order chi connectivity index (χ0) is 29.9. The predicted octanol–water partition coefficient (Wildman–Crippen LogP) is -7.29. The molecule has 18 heteroatoms. The molecule has 0 aromatic heterocycles. The van der Waals surface area contributed by atoms with E-state index >= 15 is 0 Å². The number of carbonyl (C=O) groups excluding carboxylic acids is 2. The maximum atomic E-state index is 11.7. The van der Waals surface area contributed by atoms with Gasteiger partial charge < -0.3 is 80.3 Å². The molecule has 40 heavy (non-hydrogen) atoms. The summed E-state index contributed by atoms with van der Waals surface area (Å²) >= 11 is 0. The van der Waals surface area contributed by atoms with E-state index in [-0.39, 0.29) is 0 Å². The Morgan fingerprint density at radius 2 is 1.12 bits per heavy atom. The number of rotatable bonds is 9. The highest BCUT2D eigenvalue weighted by molar-refractivity contribution is 5.73. The van der Waals surface area contributed by atoms with E-state index < -0.39 is 124 Å². The van der Waals surface area contributed by atoms with Crippen LogP contribution in [0.1, 0.15) is 13.8 Å². The van der Waals surface area contributed by atoms with E-state index in [1.807, 2.05) is 0 Å². The molecule has 0 aromatic rings. The highest BCUT2D eigenvalue weighted by Crippen LogP contribution is 2.32. The first kappa shape index (κ1) is 32.9. The monoisotopic (exact) mass is 586 g/mol. The molecule has 3 aliphatic heterocycles. The van der Waals surface area contributed by atoms with Gasteiger partial charge in [0.15, 0.2) is 18.8 Å². The van der Waals surface area contributed by atoms with Gasteiger partial charge in [0, 0.05) is 13.8 Å². The standard InChI is InChI=1S/C22H38N2O16/c1-6(28)23-11-14(32)12(30)8(3-25)37-21(11)40-19-13(31)9(4-26)38-22(17(19)35)39-18-10(5-27)36-20(24-7(2)29)16(34)15(18)33/h8-22,25-27,30-35H,3-5H2,1-2H3,(H,23,28)(H,24,29)/t8-,9-,10-,11-,12+,13+,14-,15-,16-,17-,18-,19+,20+,21+,22+/m1/s1. The van der Waals surface area contributed by atoms with E-state index in [4.69, 9.17) is 23.7 Å². The molecule has 0 bridgehead atoms. The smallest absolute Gasteiger partial charge is 0.218 e. The van der Waals surface area contributed by atoms with Crippen molar-refractivity contribution in [2.45, 2.75) is 106 Å². The lowest BCUT2D eigenvalue weighted by Gasteiger charge is -2.48. The third-order valence-electron chi connectivity index (χ3n) is 6.87. The summed E-state index contributed by atoms with van der Waals surface area (Å²) in [7, 11) is 0. The van der Waals surface area contributed by atoms with Gasteiger partial charge in [-0.15, -0.1) is 0 Å². The Hall–Kier alpha value is -1.62. The second kappa shape index (κ2) is 14.0. The first-order chi connectivity index (χ1) is 18.8. The van der Waals surface area contributed by atoms with Gasteiger partial charge in [0.1, 0.15) is 73.2 Å². The quantitative estimate of drug-likeness (QED) is 0.120. The van der Waals surface area contributed by atoms with Crippen LogP contribution in [0.25, 0.3) is 0 Å². The zero-order valence-electron chi connectivity index (χ0n) is 21.7. The second-order valence-corrected chi connectivity index (χ2v) is 9.80. The summed E-state index contributed by atoms with van der Waals surface area (Å²) in [5.41, 5.74) is 0. The lowest BCUT2D eigenvalue weighted by atomic mass is 9.95. The Balaban J connectivity index is 1.83. The van der Waals surface area contributed by atoms with Gasteiger partial charge in [0.05, 0.1) is 19.8 Å².